The zero-order valence-corrected chi connectivity index (χ0v) is 12.7. The third kappa shape index (κ3) is 3.84. The number of sulfone groups is 1. The Bertz CT molecular complexity index is 430. The van der Waals surface area contributed by atoms with Crippen LogP contribution < -0.4 is 0 Å². The molecule has 110 valence electrons. The number of likely N-dealkylation sites (tertiary alicyclic amines) is 1. The predicted octanol–water partition coefficient (Wildman–Crippen LogP) is 1.68. The van der Waals surface area contributed by atoms with Gasteiger partial charge in [0.1, 0.15) is 15.4 Å². The van der Waals surface area contributed by atoms with Gasteiger partial charge in [-0.1, -0.05) is 0 Å². The van der Waals surface area contributed by atoms with Crippen LogP contribution in [0.2, 0.25) is 0 Å². The molecule has 2 aliphatic heterocycles. The molecule has 0 aromatic heterocycles. The normalized spacial score (nSPS) is 30.6. The van der Waals surface area contributed by atoms with Gasteiger partial charge in [-0.25, -0.2) is 13.2 Å². The summed E-state index contributed by atoms with van der Waals surface area (Å²) in [4.78, 5) is 13.7. The van der Waals surface area contributed by atoms with E-state index in [1.165, 1.54) is 0 Å². The summed E-state index contributed by atoms with van der Waals surface area (Å²) in [5, 5.41) is 0. The van der Waals surface area contributed by atoms with E-state index < -0.39 is 15.4 Å². The SMILES string of the molecule is CC(C)(C)OC(=O)N1CC2CCS(=O)(=O)CCC2C1. The molecular formula is C13H23NO4S. The third-order valence-electron chi connectivity index (χ3n) is 3.83. The summed E-state index contributed by atoms with van der Waals surface area (Å²) in [5.74, 6) is 1.14. The summed E-state index contributed by atoms with van der Waals surface area (Å²) in [6, 6.07) is 0. The van der Waals surface area contributed by atoms with Gasteiger partial charge in [-0.05, 0) is 45.4 Å². The van der Waals surface area contributed by atoms with E-state index >= 15 is 0 Å². The molecule has 0 saturated carbocycles. The maximum atomic E-state index is 12.0. The van der Waals surface area contributed by atoms with Crippen molar-refractivity contribution in [2.75, 3.05) is 24.6 Å². The molecule has 0 radical (unpaired) electrons. The molecule has 1 amide bonds. The highest BCUT2D eigenvalue weighted by Gasteiger charge is 2.39. The number of ether oxygens (including phenoxy) is 1. The number of carbonyl (C=O) groups excluding carboxylic acids is 1. The first-order valence-corrected chi connectivity index (χ1v) is 8.67. The van der Waals surface area contributed by atoms with Crippen LogP contribution in [0.3, 0.4) is 0 Å². The van der Waals surface area contributed by atoms with E-state index in [0.29, 0.717) is 37.8 Å². The zero-order valence-electron chi connectivity index (χ0n) is 11.9. The summed E-state index contributed by atoms with van der Waals surface area (Å²) in [6.45, 7) is 6.83. The van der Waals surface area contributed by atoms with Crippen molar-refractivity contribution >= 4 is 15.9 Å². The minimum absolute atomic E-state index is 0.260. The molecule has 0 aliphatic carbocycles. The van der Waals surface area contributed by atoms with E-state index in [1.54, 1.807) is 4.90 Å². The Morgan fingerprint density at radius 2 is 1.58 bits per heavy atom. The van der Waals surface area contributed by atoms with E-state index in [1.807, 2.05) is 20.8 Å². The van der Waals surface area contributed by atoms with E-state index in [-0.39, 0.29) is 17.6 Å². The van der Waals surface area contributed by atoms with Crippen LogP contribution >= 0.6 is 0 Å². The van der Waals surface area contributed by atoms with Crippen LogP contribution in [0, 0.1) is 11.8 Å². The molecule has 0 aromatic carbocycles. The van der Waals surface area contributed by atoms with E-state index in [2.05, 4.69) is 0 Å². The standard InChI is InChI=1S/C13H23NO4S/c1-13(2,3)18-12(15)14-8-10-4-6-19(16,17)7-5-11(10)9-14/h10-11H,4-9H2,1-3H3. The minimum Gasteiger partial charge on any atom is -0.444 e. The van der Waals surface area contributed by atoms with Crippen LogP contribution in [0.25, 0.3) is 0 Å². The average Bonchev–Trinajstić information content (AvgIpc) is 2.59. The van der Waals surface area contributed by atoms with E-state index in [0.717, 1.165) is 0 Å². The van der Waals surface area contributed by atoms with Crippen molar-refractivity contribution in [3.8, 4) is 0 Å². The smallest absolute Gasteiger partial charge is 0.410 e. The molecule has 2 saturated heterocycles. The topological polar surface area (TPSA) is 63.7 Å². The van der Waals surface area contributed by atoms with Crippen LogP contribution in [-0.2, 0) is 14.6 Å². The summed E-state index contributed by atoms with van der Waals surface area (Å²) in [5.41, 5.74) is -0.481. The van der Waals surface area contributed by atoms with Crippen LogP contribution in [0.4, 0.5) is 4.79 Å². The average molecular weight is 289 g/mol. The van der Waals surface area contributed by atoms with Crippen LogP contribution in [-0.4, -0.2) is 49.6 Å². The zero-order chi connectivity index (χ0) is 14.3. The third-order valence-corrected chi connectivity index (χ3v) is 5.54. The van der Waals surface area contributed by atoms with Gasteiger partial charge in [-0.15, -0.1) is 0 Å². The molecule has 19 heavy (non-hydrogen) atoms. The largest absolute Gasteiger partial charge is 0.444 e. The lowest BCUT2D eigenvalue weighted by atomic mass is 9.92. The number of amides is 1. The van der Waals surface area contributed by atoms with Gasteiger partial charge >= 0.3 is 6.09 Å². The Kier molecular flexibility index (Phi) is 3.82. The fourth-order valence-corrected chi connectivity index (χ4v) is 4.36. The highest BCUT2D eigenvalue weighted by molar-refractivity contribution is 7.91. The number of hydrogen-bond donors (Lipinski definition) is 0. The van der Waals surface area contributed by atoms with Gasteiger partial charge in [0.05, 0.1) is 11.5 Å². The molecule has 6 heteroatoms. The maximum absolute atomic E-state index is 12.0. The van der Waals surface area contributed by atoms with Crippen molar-refractivity contribution in [1.29, 1.82) is 0 Å². The number of fused-ring (bicyclic) bond motifs is 1. The highest BCUT2D eigenvalue weighted by atomic mass is 32.2. The summed E-state index contributed by atoms with van der Waals surface area (Å²) in [7, 11) is -2.86. The fourth-order valence-electron chi connectivity index (χ4n) is 2.83. The monoisotopic (exact) mass is 289 g/mol. The number of rotatable bonds is 0. The first-order chi connectivity index (χ1) is 8.66. The van der Waals surface area contributed by atoms with Crippen molar-refractivity contribution in [1.82, 2.24) is 4.90 Å². The van der Waals surface area contributed by atoms with Gasteiger partial charge in [0.15, 0.2) is 0 Å². The first-order valence-electron chi connectivity index (χ1n) is 6.85. The molecule has 0 aromatic rings. The summed E-state index contributed by atoms with van der Waals surface area (Å²) >= 11 is 0. The summed E-state index contributed by atoms with van der Waals surface area (Å²) < 4.78 is 28.6. The Morgan fingerprint density at radius 3 is 2.00 bits per heavy atom. The lowest BCUT2D eigenvalue weighted by Crippen LogP contribution is -2.35. The second-order valence-corrected chi connectivity index (χ2v) is 8.94. The van der Waals surface area contributed by atoms with Crippen molar-refractivity contribution in [2.45, 2.75) is 39.2 Å². The molecule has 0 N–H and O–H groups in total. The molecule has 2 atom stereocenters. The van der Waals surface area contributed by atoms with Crippen molar-refractivity contribution in [2.24, 2.45) is 11.8 Å². The number of carbonyl (C=O) groups is 1. The second-order valence-electron chi connectivity index (χ2n) is 6.63. The van der Waals surface area contributed by atoms with Crippen molar-refractivity contribution in [3.05, 3.63) is 0 Å². The van der Waals surface area contributed by atoms with Crippen LogP contribution in [0.1, 0.15) is 33.6 Å². The van der Waals surface area contributed by atoms with Crippen LogP contribution in [0.5, 0.6) is 0 Å². The Balaban J connectivity index is 1.96. The lowest BCUT2D eigenvalue weighted by molar-refractivity contribution is 0.0283. The van der Waals surface area contributed by atoms with Crippen molar-refractivity contribution in [3.63, 3.8) is 0 Å². The second kappa shape index (κ2) is 4.96. The number of hydrogen-bond acceptors (Lipinski definition) is 4. The van der Waals surface area contributed by atoms with Gasteiger partial charge in [0.2, 0.25) is 0 Å². The van der Waals surface area contributed by atoms with Gasteiger partial charge in [-0.2, -0.15) is 0 Å². The molecule has 2 unspecified atom stereocenters. The Morgan fingerprint density at radius 1 is 1.11 bits per heavy atom. The molecule has 2 aliphatic rings. The molecule has 0 bridgehead atoms. The molecule has 2 rings (SSSR count). The lowest BCUT2D eigenvalue weighted by Gasteiger charge is -2.24. The maximum Gasteiger partial charge on any atom is 0.410 e. The van der Waals surface area contributed by atoms with E-state index in [9.17, 15) is 13.2 Å². The summed E-state index contributed by atoms with van der Waals surface area (Å²) in [6.07, 6.45) is 1.07. The minimum atomic E-state index is -2.86. The van der Waals surface area contributed by atoms with Gasteiger partial charge in [0.25, 0.3) is 0 Å². The molecule has 0 spiro atoms. The Hall–Kier alpha value is -0.780. The predicted molar refractivity (Wildman–Crippen MR) is 72.7 cm³/mol. The molecule has 2 fully saturated rings. The quantitative estimate of drug-likeness (QED) is 0.680. The highest BCUT2D eigenvalue weighted by Crippen LogP contribution is 2.33. The van der Waals surface area contributed by atoms with Gasteiger partial charge in [0, 0.05) is 13.1 Å². The first kappa shape index (κ1) is 14.6. The van der Waals surface area contributed by atoms with Gasteiger partial charge < -0.3 is 9.64 Å². The Labute approximate surface area is 115 Å². The fraction of sp³-hybridized carbons (Fsp3) is 0.923. The molecular weight excluding hydrogens is 266 g/mol. The van der Waals surface area contributed by atoms with Crippen LogP contribution in [0.15, 0.2) is 0 Å². The van der Waals surface area contributed by atoms with Gasteiger partial charge in [-0.3, -0.25) is 0 Å². The molecule has 2 heterocycles. The molecule has 5 nitrogen and oxygen atoms in total. The number of nitrogens with zero attached hydrogens (tertiary/aromatic N) is 1. The van der Waals surface area contributed by atoms with E-state index in [4.69, 9.17) is 4.74 Å². The van der Waals surface area contributed by atoms with Crippen molar-refractivity contribution < 1.29 is 17.9 Å².